The molecule has 0 unspecified atom stereocenters. The average molecular weight is 222 g/mol. The van der Waals surface area contributed by atoms with Crippen molar-refractivity contribution in [3.63, 3.8) is 0 Å². The molecular formula is C11H14OSSi. The van der Waals surface area contributed by atoms with E-state index in [-0.39, 0.29) is 0 Å². The van der Waals surface area contributed by atoms with Crippen LogP contribution in [0.4, 0.5) is 0 Å². The molecule has 0 aliphatic rings. The van der Waals surface area contributed by atoms with E-state index in [1.165, 1.54) is 10.1 Å². The molecule has 0 saturated heterocycles. The molecule has 2 aromatic heterocycles. The monoisotopic (exact) mass is 222 g/mol. The van der Waals surface area contributed by atoms with Crippen molar-refractivity contribution in [2.24, 2.45) is 0 Å². The molecule has 0 aliphatic heterocycles. The SMILES string of the molecule is C[Si](C)(C)c1coc(-c2cccs2)c1. The minimum absolute atomic E-state index is 1.01. The summed E-state index contributed by atoms with van der Waals surface area (Å²) in [7, 11) is -1.21. The molecule has 2 aromatic rings. The zero-order chi connectivity index (χ0) is 10.2. The van der Waals surface area contributed by atoms with Gasteiger partial charge in [-0.25, -0.2) is 0 Å². The lowest BCUT2D eigenvalue weighted by molar-refractivity contribution is 0.585. The highest BCUT2D eigenvalue weighted by molar-refractivity contribution is 7.13. The van der Waals surface area contributed by atoms with Gasteiger partial charge < -0.3 is 4.42 Å². The summed E-state index contributed by atoms with van der Waals surface area (Å²) in [5, 5.41) is 3.47. The Balaban J connectivity index is 2.36. The predicted molar refractivity (Wildman–Crippen MR) is 65.0 cm³/mol. The molecule has 0 N–H and O–H groups in total. The van der Waals surface area contributed by atoms with E-state index in [4.69, 9.17) is 4.42 Å². The standard InChI is InChI=1S/C11H14OSSi/c1-14(2,3)9-7-10(12-8-9)11-5-4-6-13-11/h4-8H,1-3H3. The topological polar surface area (TPSA) is 13.1 Å². The highest BCUT2D eigenvalue weighted by atomic mass is 32.1. The van der Waals surface area contributed by atoms with Crippen molar-refractivity contribution in [2.75, 3.05) is 0 Å². The van der Waals surface area contributed by atoms with Crippen molar-refractivity contribution in [2.45, 2.75) is 19.6 Å². The molecule has 0 radical (unpaired) electrons. The van der Waals surface area contributed by atoms with Crippen molar-refractivity contribution in [1.82, 2.24) is 0 Å². The normalized spacial score (nSPS) is 11.9. The van der Waals surface area contributed by atoms with Gasteiger partial charge >= 0.3 is 0 Å². The van der Waals surface area contributed by atoms with Crippen LogP contribution in [0.5, 0.6) is 0 Å². The lowest BCUT2D eigenvalue weighted by atomic mass is 10.4. The highest BCUT2D eigenvalue weighted by Crippen LogP contribution is 2.24. The molecule has 2 heterocycles. The number of rotatable bonds is 2. The Bertz CT molecular complexity index is 409. The molecule has 2 rings (SSSR count). The zero-order valence-electron chi connectivity index (χ0n) is 8.70. The van der Waals surface area contributed by atoms with E-state index >= 15 is 0 Å². The number of hydrogen-bond acceptors (Lipinski definition) is 2. The number of hydrogen-bond donors (Lipinski definition) is 0. The summed E-state index contributed by atoms with van der Waals surface area (Å²) in [6.07, 6.45) is 1.92. The molecule has 0 saturated carbocycles. The maximum Gasteiger partial charge on any atom is 0.143 e. The average Bonchev–Trinajstić information content (AvgIpc) is 2.73. The minimum Gasteiger partial charge on any atom is -0.464 e. The molecule has 0 bridgehead atoms. The third kappa shape index (κ3) is 1.83. The molecule has 0 fully saturated rings. The fraction of sp³-hybridized carbons (Fsp3) is 0.273. The van der Waals surface area contributed by atoms with Gasteiger partial charge in [-0.3, -0.25) is 0 Å². The summed E-state index contributed by atoms with van der Waals surface area (Å²) in [4.78, 5) is 1.22. The zero-order valence-corrected chi connectivity index (χ0v) is 10.5. The predicted octanol–water partition coefficient (Wildman–Crippen LogP) is 3.55. The van der Waals surface area contributed by atoms with Gasteiger partial charge in [0.05, 0.1) is 19.2 Å². The van der Waals surface area contributed by atoms with Crippen LogP contribution < -0.4 is 5.19 Å². The van der Waals surface area contributed by atoms with Gasteiger partial charge in [-0.2, -0.15) is 0 Å². The first kappa shape index (κ1) is 9.74. The molecular weight excluding hydrogens is 208 g/mol. The van der Waals surface area contributed by atoms with Crippen LogP contribution in [0.15, 0.2) is 34.3 Å². The van der Waals surface area contributed by atoms with Crippen LogP contribution in [-0.2, 0) is 0 Å². The molecule has 0 aliphatic carbocycles. The lowest BCUT2D eigenvalue weighted by Crippen LogP contribution is -2.36. The first-order valence-electron chi connectivity index (χ1n) is 4.70. The van der Waals surface area contributed by atoms with E-state index in [2.05, 4.69) is 43.2 Å². The molecule has 14 heavy (non-hydrogen) atoms. The fourth-order valence-electron chi connectivity index (χ4n) is 1.28. The molecule has 3 heteroatoms. The molecule has 74 valence electrons. The largest absolute Gasteiger partial charge is 0.464 e. The first-order valence-corrected chi connectivity index (χ1v) is 9.08. The molecule has 1 nitrogen and oxygen atoms in total. The second-order valence-electron chi connectivity index (χ2n) is 4.43. The van der Waals surface area contributed by atoms with Crippen LogP contribution in [0, 0.1) is 0 Å². The van der Waals surface area contributed by atoms with Crippen LogP contribution >= 0.6 is 11.3 Å². The van der Waals surface area contributed by atoms with E-state index in [0.29, 0.717) is 0 Å². The number of thiophene rings is 1. The Morgan fingerprint density at radius 3 is 2.57 bits per heavy atom. The second kappa shape index (κ2) is 3.40. The Labute approximate surface area is 89.4 Å². The van der Waals surface area contributed by atoms with Gasteiger partial charge in [0.25, 0.3) is 0 Å². The van der Waals surface area contributed by atoms with Crippen LogP contribution in [0.25, 0.3) is 10.6 Å². The summed E-state index contributed by atoms with van der Waals surface area (Å²) in [5.41, 5.74) is 0. The van der Waals surface area contributed by atoms with E-state index < -0.39 is 8.07 Å². The molecule has 0 amide bonds. The van der Waals surface area contributed by atoms with Gasteiger partial charge in [0, 0.05) is 0 Å². The van der Waals surface area contributed by atoms with Gasteiger partial charge in [0.1, 0.15) is 5.76 Å². The second-order valence-corrected chi connectivity index (χ2v) is 10.5. The molecule has 0 atom stereocenters. The quantitative estimate of drug-likeness (QED) is 0.708. The van der Waals surface area contributed by atoms with Gasteiger partial charge in [-0.1, -0.05) is 25.7 Å². The Hall–Kier alpha value is -0.803. The van der Waals surface area contributed by atoms with Crippen LogP contribution in [0.3, 0.4) is 0 Å². The summed E-state index contributed by atoms with van der Waals surface area (Å²) >= 11 is 1.72. The van der Waals surface area contributed by atoms with Gasteiger partial charge in [0.2, 0.25) is 0 Å². The van der Waals surface area contributed by atoms with Crippen LogP contribution in [0.1, 0.15) is 0 Å². The van der Waals surface area contributed by atoms with Crippen molar-refractivity contribution >= 4 is 24.6 Å². The Kier molecular flexibility index (Phi) is 2.37. The van der Waals surface area contributed by atoms with Crippen molar-refractivity contribution in [1.29, 1.82) is 0 Å². The Morgan fingerprint density at radius 2 is 2.07 bits per heavy atom. The highest BCUT2D eigenvalue weighted by Gasteiger charge is 2.19. The summed E-state index contributed by atoms with van der Waals surface area (Å²) in [6, 6.07) is 6.34. The Morgan fingerprint density at radius 1 is 1.29 bits per heavy atom. The van der Waals surface area contributed by atoms with Crippen molar-refractivity contribution in [3.05, 3.63) is 29.8 Å². The van der Waals surface area contributed by atoms with Crippen LogP contribution in [0.2, 0.25) is 19.6 Å². The third-order valence-corrected chi connectivity index (χ3v) is 5.11. The summed E-state index contributed by atoms with van der Waals surface area (Å²) in [6.45, 7) is 6.99. The van der Waals surface area contributed by atoms with Gasteiger partial charge in [0.15, 0.2) is 0 Å². The summed E-state index contributed by atoms with van der Waals surface area (Å²) < 4.78 is 5.58. The van der Waals surface area contributed by atoms with Crippen molar-refractivity contribution < 1.29 is 4.42 Å². The number of furan rings is 1. The first-order chi connectivity index (χ1) is 6.57. The van der Waals surface area contributed by atoms with Gasteiger partial charge in [-0.15, -0.1) is 11.3 Å². The maximum absolute atomic E-state index is 5.58. The van der Waals surface area contributed by atoms with Crippen LogP contribution in [-0.4, -0.2) is 8.07 Å². The van der Waals surface area contributed by atoms with E-state index in [0.717, 1.165) is 5.76 Å². The maximum atomic E-state index is 5.58. The van der Waals surface area contributed by atoms with E-state index in [1.807, 2.05) is 6.26 Å². The molecule has 0 aromatic carbocycles. The lowest BCUT2D eigenvalue weighted by Gasteiger charge is -2.11. The van der Waals surface area contributed by atoms with E-state index in [1.54, 1.807) is 11.3 Å². The minimum atomic E-state index is -1.21. The summed E-state index contributed by atoms with van der Waals surface area (Å²) in [5.74, 6) is 1.01. The van der Waals surface area contributed by atoms with Crippen molar-refractivity contribution in [3.8, 4) is 10.6 Å². The molecule has 0 spiro atoms. The smallest absolute Gasteiger partial charge is 0.143 e. The third-order valence-electron chi connectivity index (χ3n) is 2.23. The van der Waals surface area contributed by atoms with Gasteiger partial charge in [-0.05, 0) is 22.7 Å². The fourth-order valence-corrected chi connectivity index (χ4v) is 2.94. The van der Waals surface area contributed by atoms with E-state index in [9.17, 15) is 0 Å².